The second-order valence-corrected chi connectivity index (χ2v) is 7.07. The van der Waals surface area contributed by atoms with Gasteiger partial charge in [-0.15, -0.1) is 0 Å². The Morgan fingerprint density at radius 2 is 1.82 bits per heavy atom. The summed E-state index contributed by atoms with van der Waals surface area (Å²) in [5.74, 6) is 0. The summed E-state index contributed by atoms with van der Waals surface area (Å²) in [5, 5.41) is 2.31. The molecule has 0 radical (unpaired) electrons. The summed E-state index contributed by atoms with van der Waals surface area (Å²) in [6.45, 7) is 8.91. The van der Waals surface area contributed by atoms with Crippen LogP contribution >= 0.6 is 0 Å². The molecule has 0 amide bonds. The quantitative estimate of drug-likeness (QED) is 0.559. The lowest BCUT2D eigenvalue weighted by molar-refractivity contribution is -0.659. The van der Waals surface area contributed by atoms with Gasteiger partial charge >= 0.3 is 0 Å². The van der Waals surface area contributed by atoms with E-state index in [1.807, 2.05) is 12.1 Å². The molecule has 0 saturated carbocycles. The highest BCUT2D eigenvalue weighted by molar-refractivity contribution is 5.93. The number of pyridine rings is 1. The first-order valence-electron chi connectivity index (χ1n) is 8.28. The summed E-state index contributed by atoms with van der Waals surface area (Å²) in [4.78, 5) is 0. The zero-order chi connectivity index (χ0) is 16.8. The molecule has 1 heterocycles. The van der Waals surface area contributed by atoms with E-state index >= 15 is 0 Å². The lowest BCUT2D eigenvalue weighted by Gasteiger charge is -2.20. The van der Waals surface area contributed by atoms with Crippen LogP contribution in [0.1, 0.15) is 33.3 Å². The Morgan fingerprint density at radius 3 is 2.55 bits per heavy atom. The topological polar surface area (TPSA) is 3.88 Å². The maximum Gasteiger partial charge on any atom is 0.220 e. The standard InChI is InChI=1S/C21H24N/c1-15-10-11-17(21(2,3)4)14-19(15)20-18-9-7-6-8-16(18)12-13-22(20)5/h6-14H,1-5H3/q+1/i6D. The minimum Gasteiger partial charge on any atom is -0.200 e. The summed E-state index contributed by atoms with van der Waals surface area (Å²) in [7, 11) is 2.09. The SMILES string of the molecule is [2H]c1ccc2c(-c3cc(C(C)(C)C)ccc3C)[n+](C)ccc2c1. The first-order chi connectivity index (χ1) is 10.8. The van der Waals surface area contributed by atoms with Gasteiger partial charge in [0.1, 0.15) is 7.05 Å². The van der Waals surface area contributed by atoms with E-state index in [9.17, 15) is 0 Å². The third-order valence-electron chi connectivity index (χ3n) is 4.34. The fourth-order valence-corrected chi connectivity index (χ4v) is 2.93. The number of aromatic nitrogens is 1. The van der Waals surface area contributed by atoms with Crippen molar-refractivity contribution >= 4 is 10.8 Å². The molecule has 0 aliphatic heterocycles. The highest BCUT2D eigenvalue weighted by Crippen LogP contribution is 2.32. The molecular weight excluding hydrogens is 266 g/mol. The molecule has 0 spiro atoms. The molecule has 112 valence electrons. The maximum absolute atomic E-state index is 7.86. The lowest BCUT2D eigenvalue weighted by atomic mass is 9.84. The van der Waals surface area contributed by atoms with Gasteiger partial charge in [0.15, 0.2) is 6.20 Å². The smallest absolute Gasteiger partial charge is 0.200 e. The molecule has 1 nitrogen and oxygen atoms in total. The minimum absolute atomic E-state index is 0.125. The van der Waals surface area contributed by atoms with Crippen LogP contribution in [0.2, 0.25) is 0 Å². The van der Waals surface area contributed by atoms with E-state index in [1.54, 1.807) is 0 Å². The fraction of sp³-hybridized carbons (Fsp3) is 0.286. The molecule has 0 bridgehead atoms. The largest absolute Gasteiger partial charge is 0.220 e. The summed E-state index contributed by atoms with van der Waals surface area (Å²) in [6.07, 6.45) is 2.08. The third kappa shape index (κ3) is 2.52. The van der Waals surface area contributed by atoms with Gasteiger partial charge in [0.25, 0.3) is 0 Å². The molecule has 0 aliphatic carbocycles. The van der Waals surface area contributed by atoms with E-state index in [0.717, 1.165) is 5.39 Å². The van der Waals surface area contributed by atoms with E-state index in [0.29, 0.717) is 6.04 Å². The number of aryl methyl sites for hydroxylation is 2. The first-order valence-corrected chi connectivity index (χ1v) is 7.78. The van der Waals surface area contributed by atoms with Crippen molar-refractivity contribution in [2.75, 3.05) is 0 Å². The van der Waals surface area contributed by atoms with Crippen molar-refractivity contribution in [3.8, 4) is 11.3 Å². The second-order valence-electron chi connectivity index (χ2n) is 7.07. The third-order valence-corrected chi connectivity index (χ3v) is 4.34. The Balaban J connectivity index is 2.34. The number of nitrogens with zero attached hydrogens (tertiary/aromatic N) is 1. The van der Waals surface area contributed by atoms with Crippen molar-refractivity contribution in [3.05, 3.63) is 65.8 Å². The van der Waals surface area contributed by atoms with Crippen LogP contribution in [0, 0.1) is 6.92 Å². The Labute approximate surface area is 134 Å². The van der Waals surface area contributed by atoms with Gasteiger partial charge in [-0.2, -0.15) is 0 Å². The van der Waals surface area contributed by atoms with Gasteiger partial charge < -0.3 is 0 Å². The Morgan fingerprint density at radius 1 is 1.05 bits per heavy atom. The molecule has 0 fully saturated rings. The number of rotatable bonds is 1. The van der Waals surface area contributed by atoms with Gasteiger partial charge in [-0.3, -0.25) is 0 Å². The van der Waals surface area contributed by atoms with Crippen LogP contribution in [-0.2, 0) is 12.5 Å². The Bertz CT molecular complexity index is 888. The first kappa shape index (κ1) is 13.5. The molecule has 0 saturated heterocycles. The summed E-state index contributed by atoms with van der Waals surface area (Å²) in [6, 6.07) is 15.3. The lowest BCUT2D eigenvalue weighted by Crippen LogP contribution is -2.30. The Kier molecular flexibility index (Phi) is 3.22. The second kappa shape index (κ2) is 5.24. The Hall–Kier alpha value is -2.15. The van der Waals surface area contributed by atoms with Gasteiger partial charge in [0, 0.05) is 11.6 Å². The molecule has 0 unspecified atom stereocenters. The van der Waals surface area contributed by atoms with Gasteiger partial charge in [0.2, 0.25) is 5.69 Å². The number of benzene rings is 2. The average molecular weight is 291 g/mol. The van der Waals surface area contributed by atoms with Crippen molar-refractivity contribution in [2.24, 2.45) is 7.05 Å². The molecule has 2 aromatic carbocycles. The van der Waals surface area contributed by atoms with Crippen LogP contribution in [0.25, 0.3) is 22.0 Å². The zero-order valence-corrected chi connectivity index (χ0v) is 14.1. The number of fused-ring (bicyclic) bond motifs is 1. The van der Waals surface area contributed by atoms with Gasteiger partial charge in [-0.1, -0.05) is 51.1 Å². The summed E-state index contributed by atoms with van der Waals surface area (Å²) >= 11 is 0. The molecular formula is C21H24N+. The van der Waals surface area contributed by atoms with E-state index < -0.39 is 0 Å². The van der Waals surface area contributed by atoms with Crippen LogP contribution in [0.5, 0.6) is 0 Å². The highest BCUT2D eigenvalue weighted by atomic mass is 14.9. The molecule has 0 aliphatic rings. The molecule has 1 aromatic heterocycles. The molecule has 22 heavy (non-hydrogen) atoms. The van der Waals surface area contributed by atoms with Crippen molar-refractivity contribution in [3.63, 3.8) is 0 Å². The van der Waals surface area contributed by atoms with E-state index in [-0.39, 0.29) is 5.41 Å². The van der Waals surface area contributed by atoms with E-state index in [4.69, 9.17) is 1.37 Å². The van der Waals surface area contributed by atoms with Crippen molar-refractivity contribution in [2.45, 2.75) is 33.1 Å². The highest BCUT2D eigenvalue weighted by Gasteiger charge is 2.20. The minimum atomic E-state index is 0.125. The monoisotopic (exact) mass is 291 g/mol. The van der Waals surface area contributed by atoms with E-state index in [2.05, 4.69) is 75.8 Å². The summed E-state index contributed by atoms with van der Waals surface area (Å²) in [5.41, 5.74) is 5.22. The van der Waals surface area contributed by atoms with Crippen LogP contribution < -0.4 is 4.57 Å². The molecule has 3 aromatic rings. The van der Waals surface area contributed by atoms with Gasteiger partial charge in [-0.25, -0.2) is 4.57 Å². The molecule has 0 atom stereocenters. The van der Waals surface area contributed by atoms with Crippen molar-refractivity contribution < 1.29 is 5.94 Å². The molecule has 0 N–H and O–H groups in total. The van der Waals surface area contributed by atoms with Crippen LogP contribution in [0.15, 0.2) is 54.7 Å². The average Bonchev–Trinajstić information content (AvgIpc) is 2.47. The van der Waals surface area contributed by atoms with Gasteiger partial charge in [-0.05, 0) is 41.0 Å². The predicted molar refractivity (Wildman–Crippen MR) is 94.0 cm³/mol. The van der Waals surface area contributed by atoms with Crippen molar-refractivity contribution in [1.29, 1.82) is 0 Å². The van der Waals surface area contributed by atoms with Gasteiger partial charge in [0.05, 0.1) is 6.76 Å². The summed E-state index contributed by atoms with van der Waals surface area (Å²) < 4.78 is 10.0. The molecule has 1 heteroatoms. The van der Waals surface area contributed by atoms with Crippen molar-refractivity contribution in [1.82, 2.24) is 0 Å². The fourth-order valence-electron chi connectivity index (χ4n) is 2.93. The van der Waals surface area contributed by atoms with Crippen LogP contribution in [-0.4, -0.2) is 0 Å². The maximum atomic E-state index is 7.86. The van der Waals surface area contributed by atoms with Crippen LogP contribution in [0.3, 0.4) is 0 Å². The molecule has 3 rings (SSSR count). The predicted octanol–water partition coefficient (Wildman–Crippen LogP) is 4.94. The zero-order valence-electron chi connectivity index (χ0n) is 15.1. The van der Waals surface area contributed by atoms with E-state index in [1.165, 1.54) is 27.8 Å². The normalized spacial score (nSPS) is 12.5. The van der Waals surface area contributed by atoms with Crippen LogP contribution in [0.4, 0.5) is 0 Å². The number of hydrogen-bond acceptors (Lipinski definition) is 0. The number of hydrogen-bond donors (Lipinski definition) is 0.